The van der Waals surface area contributed by atoms with Crippen molar-refractivity contribution in [2.45, 2.75) is 33.1 Å². The highest BCUT2D eigenvalue weighted by molar-refractivity contribution is 5.78. The van der Waals surface area contributed by atoms with E-state index in [2.05, 4.69) is 6.92 Å². The Bertz CT molecular complexity index is 110. The first-order chi connectivity index (χ1) is 5.24. The molecule has 0 radical (unpaired) electrons. The first kappa shape index (κ1) is 10.6. The number of methoxy groups -OCH3 is 1. The summed E-state index contributed by atoms with van der Waals surface area (Å²) in [6, 6.07) is 0. The second-order valence-electron chi connectivity index (χ2n) is 2.83. The number of rotatable bonds is 6. The van der Waals surface area contributed by atoms with Crippen LogP contribution in [0.3, 0.4) is 0 Å². The Hall–Kier alpha value is -0.370. The lowest BCUT2D eigenvalue weighted by Crippen LogP contribution is -2.12. The summed E-state index contributed by atoms with van der Waals surface area (Å²) in [4.78, 5) is 11.0. The number of ether oxygens (including phenoxy) is 1. The summed E-state index contributed by atoms with van der Waals surface area (Å²) in [5.74, 6) is 0.765. The molecule has 0 saturated heterocycles. The van der Waals surface area contributed by atoms with Crippen LogP contribution in [0.4, 0.5) is 0 Å². The zero-order valence-electron chi connectivity index (χ0n) is 7.72. The monoisotopic (exact) mass is 158 g/mol. The quantitative estimate of drug-likeness (QED) is 0.591. The molecule has 0 aliphatic heterocycles. The first-order valence-electron chi connectivity index (χ1n) is 4.25. The summed E-state index contributed by atoms with van der Waals surface area (Å²) >= 11 is 0. The maximum absolute atomic E-state index is 11.0. The SMILES string of the molecule is CCC(=O)CC(CC)COC. The van der Waals surface area contributed by atoms with Gasteiger partial charge in [-0.25, -0.2) is 0 Å². The Morgan fingerprint density at radius 2 is 2.09 bits per heavy atom. The van der Waals surface area contributed by atoms with Gasteiger partial charge in [0.15, 0.2) is 0 Å². The van der Waals surface area contributed by atoms with Crippen LogP contribution in [-0.2, 0) is 9.53 Å². The Morgan fingerprint density at radius 3 is 2.45 bits per heavy atom. The lowest BCUT2D eigenvalue weighted by molar-refractivity contribution is -0.120. The maximum Gasteiger partial charge on any atom is 0.133 e. The molecule has 0 aliphatic carbocycles. The summed E-state index contributed by atoms with van der Waals surface area (Å²) in [6.07, 6.45) is 2.36. The van der Waals surface area contributed by atoms with Crippen LogP contribution in [0.2, 0.25) is 0 Å². The van der Waals surface area contributed by atoms with Gasteiger partial charge in [-0.3, -0.25) is 4.79 Å². The molecule has 0 spiro atoms. The van der Waals surface area contributed by atoms with E-state index in [0.717, 1.165) is 6.42 Å². The van der Waals surface area contributed by atoms with Crippen LogP contribution in [0.25, 0.3) is 0 Å². The van der Waals surface area contributed by atoms with Crippen LogP contribution in [-0.4, -0.2) is 19.5 Å². The molecule has 0 aromatic heterocycles. The van der Waals surface area contributed by atoms with E-state index in [1.54, 1.807) is 7.11 Å². The number of ketones is 1. The molecule has 0 bridgehead atoms. The van der Waals surface area contributed by atoms with E-state index in [-0.39, 0.29) is 0 Å². The smallest absolute Gasteiger partial charge is 0.133 e. The Kier molecular flexibility index (Phi) is 6.13. The van der Waals surface area contributed by atoms with Gasteiger partial charge in [0.2, 0.25) is 0 Å². The fraction of sp³-hybridized carbons (Fsp3) is 0.889. The predicted octanol–water partition coefficient (Wildman–Crippen LogP) is 2.03. The number of carbonyl (C=O) groups is 1. The first-order valence-corrected chi connectivity index (χ1v) is 4.25. The average molecular weight is 158 g/mol. The topological polar surface area (TPSA) is 26.3 Å². The molecule has 66 valence electrons. The minimum atomic E-state index is 0.342. The third-order valence-corrected chi connectivity index (χ3v) is 1.89. The summed E-state index contributed by atoms with van der Waals surface area (Å²) in [7, 11) is 1.68. The second-order valence-corrected chi connectivity index (χ2v) is 2.83. The summed E-state index contributed by atoms with van der Waals surface area (Å²) in [5, 5.41) is 0. The van der Waals surface area contributed by atoms with Crippen molar-refractivity contribution in [1.82, 2.24) is 0 Å². The van der Waals surface area contributed by atoms with Crippen LogP contribution in [0.1, 0.15) is 33.1 Å². The molecular weight excluding hydrogens is 140 g/mol. The number of Topliss-reactive ketones (excluding diaryl/α,β-unsaturated/α-hetero) is 1. The Morgan fingerprint density at radius 1 is 1.45 bits per heavy atom. The highest BCUT2D eigenvalue weighted by Gasteiger charge is 2.09. The van der Waals surface area contributed by atoms with Crippen molar-refractivity contribution < 1.29 is 9.53 Å². The fourth-order valence-electron chi connectivity index (χ4n) is 1.02. The van der Waals surface area contributed by atoms with Gasteiger partial charge in [0.05, 0.1) is 0 Å². The predicted molar refractivity (Wildman–Crippen MR) is 45.6 cm³/mol. The standard InChI is InChI=1S/C9H18O2/c1-4-8(7-11-3)6-9(10)5-2/h8H,4-7H2,1-3H3. The van der Waals surface area contributed by atoms with Gasteiger partial charge in [-0.2, -0.15) is 0 Å². The van der Waals surface area contributed by atoms with Gasteiger partial charge in [0.25, 0.3) is 0 Å². The lowest BCUT2D eigenvalue weighted by Gasteiger charge is -2.11. The van der Waals surface area contributed by atoms with E-state index >= 15 is 0 Å². The van der Waals surface area contributed by atoms with Gasteiger partial charge in [-0.05, 0) is 5.92 Å². The van der Waals surface area contributed by atoms with E-state index in [9.17, 15) is 4.79 Å². The van der Waals surface area contributed by atoms with Gasteiger partial charge in [-0.1, -0.05) is 20.3 Å². The summed E-state index contributed by atoms with van der Waals surface area (Å²) < 4.78 is 4.99. The maximum atomic E-state index is 11.0. The molecule has 2 heteroatoms. The van der Waals surface area contributed by atoms with Crippen molar-refractivity contribution in [3.8, 4) is 0 Å². The molecule has 0 amide bonds. The molecule has 0 saturated carbocycles. The molecular formula is C9H18O2. The largest absolute Gasteiger partial charge is 0.384 e. The van der Waals surface area contributed by atoms with Crippen LogP contribution < -0.4 is 0 Å². The summed E-state index contributed by atoms with van der Waals surface area (Å²) in [5.41, 5.74) is 0. The van der Waals surface area contributed by atoms with Crippen molar-refractivity contribution in [2.75, 3.05) is 13.7 Å². The van der Waals surface area contributed by atoms with Crippen molar-refractivity contribution in [3.63, 3.8) is 0 Å². The van der Waals surface area contributed by atoms with Crippen molar-refractivity contribution in [1.29, 1.82) is 0 Å². The van der Waals surface area contributed by atoms with E-state index in [0.29, 0.717) is 31.1 Å². The molecule has 1 unspecified atom stereocenters. The third kappa shape index (κ3) is 4.96. The molecule has 11 heavy (non-hydrogen) atoms. The van der Waals surface area contributed by atoms with Gasteiger partial charge in [0.1, 0.15) is 5.78 Å². The molecule has 0 heterocycles. The molecule has 0 aromatic carbocycles. The number of carbonyl (C=O) groups excluding carboxylic acids is 1. The van der Waals surface area contributed by atoms with Crippen LogP contribution in [0, 0.1) is 5.92 Å². The fourth-order valence-corrected chi connectivity index (χ4v) is 1.02. The summed E-state index contributed by atoms with van der Waals surface area (Å²) in [6.45, 7) is 4.71. The average Bonchev–Trinajstić information content (AvgIpc) is 2.03. The minimum absolute atomic E-state index is 0.342. The minimum Gasteiger partial charge on any atom is -0.384 e. The molecule has 0 aliphatic rings. The zero-order chi connectivity index (χ0) is 8.69. The molecule has 0 rings (SSSR count). The van der Waals surface area contributed by atoms with E-state index in [4.69, 9.17) is 4.74 Å². The van der Waals surface area contributed by atoms with E-state index in [1.807, 2.05) is 6.92 Å². The lowest BCUT2D eigenvalue weighted by atomic mass is 10.00. The second kappa shape index (κ2) is 6.35. The normalized spacial score (nSPS) is 13.0. The van der Waals surface area contributed by atoms with Crippen LogP contribution in [0.15, 0.2) is 0 Å². The Labute approximate surface area is 68.9 Å². The van der Waals surface area contributed by atoms with Gasteiger partial charge in [0, 0.05) is 26.6 Å². The van der Waals surface area contributed by atoms with Crippen LogP contribution in [0.5, 0.6) is 0 Å². The third-order valence-electron chi connectivity index (χ3n) is 1.89. The highest BCUT2D eigenvalue weighted by atomic mass is 16.5. The van der Waals surface area contributed by atoms with Crippen molar-refractivity contribution in [2.24, 2.45) is 5.92 Å². The van der Waals surface area contributed by atoms with Gasteiger partial charge < -0.3 is 4.74 Å². The molecule has 0 fully saturated rings. The van der Waals surface area contributed by atoms with Crippen LogP contribution >= 0.6 is 0 Å². The molecule has 0 aromatic rings. The molecule has 2 nitrogen and oxygen atoms in total. The van der Waals surface area contributed by atoms with Crippen molar-refractivity contribution >= 4 is 5.78 Å². The van der Waals surface area contributed by atoms with E-state index in [1.165, 1.54) is 0 Å². The number of hydrogen-bond donors (Lipinski definition) is 0. The van der Waals surface area contributed by atoms with Gasteiger partial charge >= 0.3 is 0 Å². The molecule has 0 N–H and O–H groups in total. The highest BCUT2D eigenvalue weighted by Crippen LogP contribution is 2.09. The Balaban J connectivity index is 3.58. The van der Waals surface area contributed by atoms with E-state index < -0.39 is 0 Å². The van der Waals surface area contributed by atoms with Gasteiger partial charge in [-0.15, -0.1) is 0 Å². The zero-order valence-corrected chi connectivity index (χ0v) is 7.72. The van der Waals surface area contributed by atoms with Crippen molar-refractivity contribution in [3.05, 3.63) is 0 Å². The molecule has 1 atom stereocenters. The number of hydrogen-bond acceptors (Lipinski definition) is 2.